The molecule has 1 heterocycles. The molecule has 0 aromatic heterocycles. The Labute approximate surface area is 122 Å². The van der Waals surface area contributed by atoms with Crippen LogP contribution in [0.4, 0.5) is 0 Å². The fourth-order valence-corrected chi connectivity index (χ4v) is 5.30. The molecule has 1 saturated carbocycles. The summed E-state index contributed by atoms with van der Waals surface area (Å²) < 4.78 is 5.51. The molecule has 2 fully saturated rings. The first-order valence-corrected chi connectivity index (χ1v) is 8.12. The number of benzene rings is 1. The van der Waals surface area contributed by atoms with E-state index in [2.05, 4.69) is 30.1 Å². The molecular formula is C18H25NO. The van der Waals surface area contributed by atoms with E-state index in [1.165, 1.54) is 45.1 Å². The number of hydrogen-bond donors (Lipinski definition) is 0. The van der Waals surface area contributed by atoms with Crippen LogP contribution in [0.15, 0.2) is 18.2 Å². The number of piperidine rings is 1. The number of nitrogens with zero attached hydrogens (tertiary/aromatic N) is 1. The molecule has 0 spiro atoms. The van der Waals surface area contributed by atoms with Crippen molar-refractivity contribution in [1.82, 2.24) is 4.90 Å². The maximum Gasteiger partial charge on any atom is 0.119 e. The average Bonchev–Trinajstić information content (AvgIpc) is 2.50. The Kier molecular flexibility index (Phi) is 2.85. The highest BCUT2D eigenvalue weighted by atomic mass is 16.5. The van der Waals surface area contributed by atoms with Gasteiger partial charge in [-0.15, -0.1) is 0 Å². The summed E-state index contributed by atoms with van der Waals surface area (Å²) >= 11 is 0. The van der Waals surface area contributed by atoms with E-state index >= 15 is 0 Å². The standard InChI is InChI=1S/C18H25NO/c1-19-10-9-18-8-4-3-5-15(18)17(19)11-13-6-7-14(20-2)12-16(13)18/h6-7,12,15,17H,3-5,8-11H2,1-2H3/t15-,17+,18-/m1/s1. The smallest absolute Gasteiger partial charge is 0.119 e. The van der Waals surface area contributed by atoms with Gasteiger partial charge >= 0.3 is 0 Å². The summed E-state index contributed by atoms with van der Waals surface area (Å²) in [6.07, 6.45) is 8.22. The molecule has 4 rings (SSSR count). The predicted octanol–water partition coefficient (Wildman–Crippen LogP) is 3.38. The van der Waals surface area contributed by atoms with E-state index in [1.54, 1.807) is 18.2 Å². The zero-order valence-electron chi connectivity index (χ0n) is 12.7. The fraction of sp³-hybridized carbons (Fsp3) is 0.667. The van der Waals surface area contributed by atoms with E-state index in [1.807, 2.05) is 0 Å². The lowest BCUT2D eigenvalue weighted by Gasteiger charge is -2.58. The first-order chi connectivity index (χ1) is 9.74. The van der Waals surface area contributed by atoms with Crippen LogP contribution in [0.1, 0.15) is 43.2 Å². The first kappa shape index (κ1) is 12.7. The number of rotatable bonds is 1. The van der Waals surface area contributed by atoms with Crippen LogP contribution >= 0.6 is 0 Å². The predicted molar refractivity (Wildman–Crippen MR) is 81.4 cm³/mol. The number of likely N-dealkylation sites (N-methyl/N-ethyl adjacent to an activating group) is 1. The Bertz CT molecular complexity index is 526. The van der Waals surface area contributed by atoms with Crippen molar-refractivity contribution >= 4 is 0 Å². The molecule has 1 saturated heterocycles. The molecule has 108 valence electrons. The zero-order chi connectivity index (χ0) is 13.7. The highest BCUT2D eigenvalue weighted by molar-refractivity contribution is 5.45. The minimum Gasteiger partial charge on any atom is -0.497 e. The van der Waals surface area contributed by atoms with E-state index in [0.717, 1.165) is 17.7 Å². The van der Waals surface area contributed by atoms with Gasteiger partial charge in [-0.2, -0.15) is 0 Å². The molecule has 0 N–H and O–H groups in total. The molecule has 2 aliphatic carbocycles. The van der Waals surface area contributed by atoms with Crippen LogP contribution in [0.3, 0.4) is 0 Å². The van der Waals surface area contributed by atoms with E-state index < -0.39 is 0 Å². The van der Waals surface area contributed by atoms with E-state index in [-0.39, 0.29) is 0 Å². The van der Waals surface area contributed by atoms with Crippen molar-refractivity contribution in [3.63, 3.8) is 0 Å². The molecule has 1 aliphatic heterocycles. The summed E-state index contributed by atoms with van der Waals surface area (Å²) in [6.45, 7) is 1.26. The quantitative estimate of drug-likeness (QED) is 0.776. The molecule has 1 aromatic carbocycles. The second-order valence-electron chi connectivity index (χ2n) is 7.03. The second-order valence-corrected chi connectivity index (χ2v) is 7.03. The van der Waals surface area contributed by atoms with Crippen LogP contribution in [0, 0.1) is 5.92 Å². The largest absolute Gasteiger partial charge is 0.497 e. The van der Waals surface area contributed by atoms with Crippen LogP contribution in [0.25, 0.3) is 0 Å². The van der Waals surface area contributed by atoms with E-state index in [4.69, 9.17) is 4.74 Å². The topological polar surface area (TPSA) is 12.5 Å². The number of likely N-dealkylation sites (tertiary alicyclic amines) is 1. The lowest BCUT2D eigenvalue weighted by molar-refractivity contribution is 0.00274. The van der Waals surface area contributed by atoms with Crippen LogP contribution in [0.5, 0.6) is 5.75 Å². The Morgan fingerprint density at radius 1 is 1.25 bits per heavy atom. The third-order valence-electron chi connectivity index (χ3n) is 6.32. The molecular weight excluding hydrogens is 246 g/mol. The number of ether oxygens (including phenoxy) is 1. The Morgan fingerprint density at radius 3 is 3.00 bits per heavy atom. The van der Waals surface area contributed by atoms with Gasteiger partial charge in [-0.3, -0.25) is 0 Å². The summed E-state index contributed by atoms with van der Waals surface area (Å²) in [6, 6.07) is 7.60. The van der Waals surface area contributed by atoms with Crippen LogP contribution in [-0.4, -0.2) is 31.6 Å². The molecule has 2 heteroatoms. The number of methoxy groups -OCH3 is 1. The van der Waals surface area contributed by atoms with Crippen molar-refractivity contribution in [3.8, 4) is 5.75 Å². The Balaban J connectivity index is 1.88. The summed E-state index contributed by atoms with van der Waals surface area (Å²) in [4.78, 5) is 2.63. The van der Waals surface area contributed by atoms with E-state index in [9.17, 15) is 0 Å². The van der Waals surface area contributed by atoms with Crippen molar-refractivity contribution in [2.45, 2.75) is 50.0 Å². The van der Waals surface area contributed by atoms with Crippen molar-refractivity contribution in [3.05, 3.63) is 29.3 Å². The number of fused-ring (bicyclic) bond motifs is 1. The first-order valence-electron chi connectivity index (χ1n) is 8.12. The molecule has 20 heavy (non-hydrogen) atoms. The Morgan fingerprint density at radius 2 is 2.15 bits per heavy atom. The third-order valence-corrected chi connectivity index (χ3v) is 6.32. The summed E-state index contributed by atoms with van der Waals surface area (Å²) in [7, 11) is 4.12. The summed E-state index contributed by atoms with van der Waals surface area (Å²) in [5.74, 6) is 1.91. The Hall–Kier alpha value is -1.02. The van der Waals surface area contributed by atoms with Crippen molar-refractivity contribution in [2.75, 3.05) is 20.7 Å². The second kappa shape index (κ2) is 4.49. The van der Waals surface area contributed by atoms with Crippen LogP contribution in [-0.2, 0) is 11.8 Å². The number of hydrogen-bond acceptors (Lipinski definition) is 2. The van der Waals surface area contributed by atoms with Gasteiger partial charge in [0.2, 0.25) is 0 Å². The maximum atomic E-state index is 5.51. The monoisotopic (exact) mass is 271 g/mol. The van der Waals surface area contributed by atoms with Crippen molar-refractivity contribution < 1.29 is 4.74 Å². The molecule has 1 aromatic rings. The summed E-state index contributed by atoms with van der Waals surface area (Å²) in [5, 5.41) is 0. The van der Waals surface area contributed by atoms with Crippen LogP contribution < -0.4 is 4.74 Å². The molecule has 0 radical (unpaired) electrons. The van der Waals surface area contributed by atoms with Gasteiger partial charge in [0.1, 0.15) is 5.75 Å². The van der Waals surface area contributed by atoms with Gasteiger partial charge < -0.3 is 9.64 Å². The lowest BCUT2D eigenvalue weighted by Crippen LogP contribution is -2.59. The van der Waals surface area contributed by atoms with Crippen molar-refractivity contribution in [2.24, 2.45) is 5.92 Å². The SMILES string of the molecule is COc1ccc2c(c1)[C@@]13CCCC[C@@H]1[C@H](C2)N(C)CC3. The minimum atomic E-state index is 0.456. The van der Waals surface area contributed by atoms with Gasteiger partial charge in [0.05, 0.1) is 7.11 Å². The van der Waals surface area contributed by atoms with Crippen LogP contribution in [0.2, 0.25) is 0 Å². The normalized spacial score (nSPS) is 36.1. The van der Waals surface area contributed by atoms with Gasteiger partial charge in [0, 0.05) is 11.5 Å². The van der Waals surface area contributed by atoms with E-state index in [0.29, 0.717) is 5.41 Å². The zero-order valence-corrected chi connectivity index (χ0v) is 12.7. The molecule has 2 nitrogen and oxygen atoms in total. The van der Waals surface area contributed by atoms with Gasteiger partial charge in [-0.1, -0.05) is 18.9 Å². The fourth-order valence-electron chi connectivity index (χ4n) is 5.30. The molecule has 0 unspecified atom stereocenters. The average molecular weight is 271 g/mol. The third kappa shape index (κ3) is 1.60. The molecule has 2 bridgehead atoms. The summed E-state index contributed by atoms with van der Waals surface area (Å²) in [5.41, 5.74) is 3.67. The maximum absolute atomic E-state index is 5.51. The highest BCUT2D eigenvalue weighted by Gasteiger charge is 2.53. The molecule has 3 atom stereocenters. The minimum absolute atomic E-state index is 0.456. The molecule has 0 amide bonds. The van der Waals surface area contributed by atoms with Gasteiger partial charge in [0.15, 0.2) is 0 Å². The lowest BCUT2D eigenvalue weighted by atomic mass is 9.52. The molecule has 3 aliphatic rings. The van der Waals surface area contributed by atoms with Gasteiger partial charge in [0.25, 0.3) is 0 Å². The van der Waals surface area contributed by atoms with Gasteiger partial charge in [-0.05, 0) is 68.5 Å². The van der Waals surface area contributed by atoms with Crippen molar-refractivity contribution in [1.29, 1.82) is 0 Å². The highest BCUT2D eigenvalue weighted by Crippen LogP contribution is 2.55. The van der Waals surface area contributed by atoms with Gasteiger partial charge in [-0.25, -0.2) is 0 Å².